The maximum absolute atomic E-state index is 12.9. The number of phenols is 1. The number of aryl methyl sites for hydroxylation is 1. The third-order valence-corrected chi connectivity index (χ3v) is 4.47. The minimum atomic E-state index is -0.137. The number of carbonyl (C=O) groups is 1. The fourth-order valence-electron chi connectivity index (χ4n) is 3.06. The number of carbonyl (C=O) groups excluding carboxylic acids is 1. The number of rotatable bonds is 10. The predicted molar refractivity (Wildman–Crippen MR) is 102 cm³/mol. The van der Waals surface area contributed by atoms with Crippen LogP contribution in [0.5, 0.6) is 11.5 Å². The topological polar surface area (TPSA) is 46.5 Å². The van der Waals surface area contributed by atoms with E-state index in [9.17, 15) is 9.90 Å². The highest BCUT2D eigenvalue weighted by atomic mass is 16.5. The summed E-state index contributed by atoms with van der Waals surface area (Å²) in [5.74, 6) is 0.444. The van der Waals surface area contributed by atoms with E-state index in [1.807, 2.05) is 24.3 Å². The summed E-state index contributed by atoms with van der Waals surface area (Å²) in [7, 11) is 1.57. The zero-order chi connectivity index (χ0) is 18.1. The first-order chi connectivity index (χ1) is 12.2. The Morgan fingerprint density at radius 1 is 1.00 bits per heavy atom. The molecule has 0 atom stereocenters. The summed E-state index contributed by atoms with van der Waals surface area (Å²) in [6, 6.07) is 12.5. The largest absolute Gasteiger partial charge is 0.507 e. The monoisotopic (exact) mass is 340 g/mol. The Morgan fingerprint density at radius 2 is 1.68 bits per heavy atom. The van der Waals surface area contributed by atoms with E-state index in [0.717, 1.165) is 24.8 Å². The molecular weight excluding hydrogens is 312 g/mol. The molecule has 0 amide bonds. The van der Waals surface area contributed by atoms with Gasteiger partial charge in [-0.2, -0.15) is 0 Å². The van der Waals surface area contributed by atoms with E-state index in [2.05, 4.69) is 6.92 Å². The van der Waals surface area contributed by atoms with Gasteiger partial charge in [-0.3, -0.25) is 4.79 Å². The molecule has 0 radical (unpaired) electrons. The molecule has 0 unspecified atom stereocenters. The highest BCUT2D eigenvalue weighted by molar-refractivity contribution is 6.11. The Bertz CT molecular complexity index is 677. The van der Waals surface area contributed by atoms with Crippen molar-refractivity contribution in [2.24, 2.45) is 0 Å². The van der Waals surface area contributed by atoms with Crippen molar-refractivity contribution in [2.75, 3.05) is 7.11 Å². The third-order valence-electron chi connectivity index (χ3n) is 4.47. The number of unbranched alkanes of at least 4 members (excludes halogenated alkanes) is 5. The molecule has 0 saturated heterocycles. The average Bonchev–Trinajstić information content (AvgIpc) is 2.64. The molecule has 0 aliphatic rings. The number of benzene rings is 2. The van der Waals surface area contributed by atoms with E-state index in [1.54, 1.807) is 19.2 Å². The van der Waals surface area contributed by atoms with Gasteiger partial charge in [0.1, 0.15) is 11.5 Å². The molecule has 2 aromatic rings. The van der Waals surface area contributed by atoms with Gasteiger partial charge in [0.15, 0.2) is 5.78 Å². The Labute approximate surface area is 150 Å². The number of hydrogen-bond acceptors (Lipinski definition) is 3. The van der Waals surface area contributed by atoms with Crippen molar-refractivity contribution in [1.82, 2.24) is 0 Å². The normalized spacial score (nSPS) is 10.6. The highest BCUT2D eigenvalue weighted by Crippen LogP contribution is 2.31. The van der Waals surface area contributed by atoms with E-state index < -0.39 is 0 Å². The number of ketones is 1. The van der Waals surface area contributed by atoms with Gasteiger partial charge in [-0.25, -0.2) is 0 Å². The second-order valence-corrected chi connectivity index (χ2v) is 6.39. The molecule has 0 saturated carbocycles. The van der Waals surface area contributed by atoms with Crippen LogP contribution in [0, 0.1) is 0 Å². The molecule has 2 rings (SSSR count). The molecule has 0 aliphatic carbocycles. The number of phenolic OH excluding ortho intramolecular Hbond substituents is 1. The number of ether oxygens (including phenoxy) is 1. The molecule has 134 valence electrons. The molecule has 0 spiro atoms. The first-order valence-electron chi connectivity index (χ1n) is 9.17. The first kappa shape index (κ1) is 19.0. The van der Waals surface area contributed by atoms with Crippen LogP contribution in [0.3, 0.4) is 0 Å². The average molecular weight is 340 g/mol. The minimum Gasteiger partial charge on any atom is -0.507 e. The molecule has 0 heterocycles. The summed E-state index contributed by atoms with van der Waals surface area (Å²) in [4.78, 5) is 12.9. The van der Waals surface area contributed by atoms with Crippen LogP contribution in [0.15, 0.2) is 42.5 Å². The Morgan fingerprint density at radius 3 is 2.36 bits per heavy atom. The minimum absolute atomic E-state index is 0.00538. The molecule has 0 bridgehead atoms. The van der Waals surface area contributed by atoms with Gasteiger partial charge < -0.3 is 9.84 Å². The van der Waals surface area contributed by atoms with Crippen LogP contribution in [0.4, 0.5) is 0 Å². The molecule has 0 aromatic heterocycles. The summed E-state index contributed by atoms with van der Waals surface area (Å²) < 4.78 is 5.26. The van der Waals surface area contributed by atoms with Crippen molar-refractivity contribution in [2.45, 2.75) is 51.9 Å². The van der Waals surface area contributed by atoms with Gasteiger partial charge in [-0.15, -0.1) is 0 Å². The fourth-order valence-corrected chi connectivity index (χ4v) is 3.06. The van der Waals surface area contributed by atoms with E-state index in [0.29, 0.717) is 16.9 Å². The van der Waals surface area contributed by atoms with E-state index in [1.165, 1.54) is 31.7 Å². The van der Waals surface area contributed by atoms with E-state index in [4.69, 9.17) is 4.74 Å². The Balaban J connectivity index is 2.18. The lowest BCUT2D eigenvalue weighted by Gasteiger charge is -2.13. The summed E-state index contributed by atoms with van der Waals surface area (Å²) in [5, 5.41) is 10.4. The predicted octanol–water partition coefficient (Wildman–Crippen LogP) is 5.53. The Kier molecular flexibility index (Phi) is 7.52. The maximum Gasteiger partial charge on any atom is 0.197 e. The van der Waals surface area contributed by atoms with Gasteiger partial charge in [0.05, 0.1) is 12.7 Å². The maximum atomic E-state index is 12.9. The zero-order valence-corrected chi connectivity index (χ0v) is 15.3. The van der Waals surface area contributed by atoms with Crippen molar-refractivity contribution >= 4 is 5.78 Å². The van der Waals surface area contributed by atoms with Crippen molar-refractivity contribution in [3.63, 3.8) is 0 Å². The first-order valence-corrected chi connectivity index (χ1v) is 9.17. The molecule has 1 N–H and O–H groups in total. The van der Waals surface area contributed by atoms with Gasteiger partial charge in [0, 0.05) is 11.6 Å². The standard InChI is InChI=1S/C22H28O3/c1-3-4-5-6-7-9-14-18-15-19(25-2)16-20(23)21(18)22(24)17-12-10-8-11-13-17/h8,10-13,15-16,23H,3-7,9,14H2,1-2H3. The van der Waals surface area contributed by atoms with Gasteiger partial charge in [0.25, 0.3) is 0 Å². The van der Waals surface area contributed by atoms with Crippen LogP contribution >= 0.6 is 0 Å². The third kappa shape index (κ3) is 5.35. The van der Waals surface area contributed by atoms with Crippen LogP contribution in [0.1, 0.15) is 66.9 Å². The summed E-state index contributed by atoms with van der Waals surface area (Å²) in [5.41, 5.74) is 1.86. The smallest absolute Gasteiger partial charge is 0.197 e. The molecule has 3 nitrogen and oxygen atoms in total. The van der Waals surface area contributed by atoms with Gasteiger partial charge >= 0.3 is 0 Å². The van der Waals surface area contributed by atoms with Crippen molar-refractivity contribution in [3.8, 4) is 11.5 Å². The van der Waals surface area contributed by atoms with Crippen LogP contribution in [0.2, 0.25) is 0 Å². The highest BCUT2D eigenvalue weighted by Gasteiger charge is 2.19. The molecule has 25 heavy (non-hydrogen) atoms. The van der Waals surface area contributed by atoms with Gasteiger partial charge in [-0.1, -0.05) is 69.4 Å². The lowest BCUT2D eigenvalue weighted by Crippen LogP contribution is -2.07. The molecule has 0 fully saturated rings. The van der Waals surface area contributed by atoms with Gasteiger partial charge in [0.2, 0.25) is 0 Å². The van der Waals surface area contributed by atoms with Crippen LogP contribution < -0.4 is 4.74 Å². The van der Waals surface area contributed by atoms with E-state index >= 15 is 0 Å². The lowest BCUT2D eigenvalue weighted by atomic mass is 9.93. The number of methoxy groups -OCH3 is 1. The summed E-state index contributed by atoms with van der Waals surface area (Å²) >= 11 is 0. The number of hydrogen-bond donors (Lipinski definition) is 1. The molecule has 2 aromatic carbocycles. The molecular formula is C22H28O3. The van der Waals surface area contributed by atoms with Crippen LogP contribution in [0.25, 0.3) is 0 Å². The quantitative estimate of drug-likeness (QED) is 0.456. The van der Waals surface area contributed by atoms with Crippen molar-refractivity contribution in [3.05, 3.63) is 59.2 Å². The lowest BCUT2D eigenvalue weighted by molar-refractivity contribution is 0.103. The molecule has 0 aliphatic heterocycles. The fraction of sp³-hybridized carbons (Fsp3) is 0.409. The number of aromatic hydroxyl groups is 1. The van der Waals surface area contributed by atoms with Crippen molar-refractivity contribution in [1.29, 1.82) is 0 Å². The Hall–Kier alpha value is -2.29. The summed E-state index contributed by atoms with van der Waals surface area (Å²) in [6.07, 6.45) is 7.89. The second-order valence-electron chi connectivity index (χ2n) is 6.39. The zero-order valence-electron chi connectivity index (χ0n) is 15.3. The molecule has 3 heteroatoms. The van der Waals surface area contributed by atoms with E-state index in [-0.39, 0.29) is 11.5 Å². The van der Waals surface area contributed by atoms with Crippen LogP contribution in [-0.4, -0.2) is 18.0 Å². The second kappa shape index (κ2) is 9.87. The van der Waals surface area contributed by atoms with Crippen molar-refractivity contribution < 1.29 is 14.6 Å². The van der Waals surface area contributed by atoms with Crippen LogP contribution in [-0.2, 0) is 6.42 Å². The summed E-state index contributed by atoms with van der Waals surface area (Å²) in [6.45, 7) is 2.21. The SMILES string of the molecule is CCCCCCCCc1cc(OC)cc(O)c1C(=O)c1ccccc1. The van der Waals surface area contributed by atoms with Gasteiger partial charge in [-0.05, 0) is 24.5 Å².